The van der Waals surface area contributed by atoms with E-state index in [1.165, 1.54) is 0 Å². The zero-order valence-corrected chi connectivity index (χ0v) is 17.9. The van der Waals surface area contributed by atoms with Crippen LogP contribution in [-0.4, -0.2) is 49.0 Å². The van der Waals surface area contributed by atoms with Gasteiger partial charge in [-0.25, -0.2) is 0 Å². The van der Waals surface area contributed by atoms with Crippen LogP contribution < -0.4 is 5.32 Å². The number of carbonyl (C=O) groups is 2. The van der Waals surface area contributed by atoms with Crippen molar-refractivity contribution in [3.05, 3.63) is 46.5 Å². The molecule has 0 aliphatic carbocycles. The van der Waals surface area contributed by atoms with Gasteiger partial charge in [0.25, 0.3) is 0 Å². The fourth-order valence-corrected chi connectivity index (χ4v) is 5.19. The number of hydrogen-bond acceptors (Lipinski definition) is 7. The third-order valence-electron chi connectivity index (χ3n) is 6.26. The molecule has 1 aromatic heterocycles. The summed E-state index contributed by atoms with van der Waals surface area (Å²) in [6.07, 6.45) is -3.73. The highest BCUT2D eigenvalue weighted by Crippen LogP contribution is 2.39. The van der Waals surface area contributed by atoms with Crippen molar-refractivity contribution in [2.75, 3.05) is 6.54 Å². The van der Waals surface area contributed by atoms with E-state index in [0.717, 1.165) is 21.3 Å². The molecule has 0 radical (unpaired) electrons. The van der Waals surface area contributed by atoms with Crippen LogP contribution in [0.15, 0.2) is 18.2 Å². The molecule has 0 saturated carbocycles. The second kappa shape index (κ2) is 7.85. The van der Waals surface area contributed by atoms with Gasteiger partial charge in [0.1, 0.15) is 5.82 Å². The number of amides is 2. The van der Waals surface area contributed by atoms with Crippen LogP contribution >= 0.6 is 12.6 Å². The van der Waals surface area contributed by atoms with Gasteiger partial charge in [-0.2, -0.15) is 25.8 Å². The van der Waals surface area contributed by atoms with Crippen LogP contribution in [0.1, 0.15) is 46.6 Å². The lowest BCUT2D eigenvalue weighted by Crippen LogP contribution is -2.51. The average Bonchev–Trinajstić information content (AvgIpc) is 3.29. The Labute approximate surface area is 187 Å². The monoisotopic (exact) mass is 466 g/mol. The van der Waals surface area contributed by atoms with Crippen LogP contribution in [0, 0.1) is 0 Å². The molecule has 12 heteroatoms. The number of aromatic nitrogens is 3. The van der Waals surface area contributed by atoms with Gasteiger partial charge in [0.05, 0.1) is 18.0 Å². The van der Waals surface area contributed by atoms with E-state index in [0.29, 0.717) is 38.3 Å². The number of fused-ring (bicyclic) bond motifs is 2. The molecule has 5 rings (SSSR count). The summed E-state index contributed by atoms with van der Waals surface area (Å²) in [5.74, 6) is -1.17. The molecule has 1 N–H and O–H groups in total. The minimum absolute atomic E-state index is 0.185. The fraction of sp³-hybridized carbons (Fsp3) is 0.500. The Kier molecular flexibility index (Phi) is 5.25. The van der Waals surface area contributed by atoms with Crippen molar-refractivity contribution in [3.63, 3.8) is 0 Å². The Bertz CT molecular complexity index is 1090. The van der Waals surface area contributed by atoms with Gasteiger partial charge in [0, 0.05) is 32.6 Å². The summed E-state index contributed by atoms with van der Waals surface area (Å²) in [7, 11) is 0. The molecule has 2 atom stereocenters. The van der Waals surface area contributed by atoms with Crippen LogP contribution in [0.3, 0.4) is 0 Å². The first-order valence-corrected chi connectivity index (χ1v) is 10.8. The average molecular weight is 466 g/mol. The van der Waals surface area contributed by atoms with Gasteiger partial charge in [-0.1, -0.05) is 18.2 Å². The Morgan fingerprint density at radius 2 is 1.97 bits per heavy atom. The minimum atomic E-state index is -4.51. The number of nitrogens with one attached hydrogen (secondary N) is 1. The fourth-order valence-electron chi connectivity index (χ4n) is 4.70. The SMILES string of the molecule is O=C1CCC(N2Cc3cc(CN4CCn5c(nnc5C(F)(F)F)C4)ccc3C2S)C(=O)N1. The number of halogens is 3. The van der Waals surface area contributed by atoms with Crippen LogP contribution in [0.25, 0.3) is 0 Å². The van der Waals surface area contributed by atoms with Gasteiger partial charge in [-0.15, -0.1) is 10.2 Å². The summed E-state index contributed by atoms with van der Waals surface area (Å²) in [4.78, 5) is 27.8. The van der Waals surface area contributed by atoms with E-state index < -0.39 is 18.0 Å². The van der Waals surface area contributed by atoms with E-state index in [9.17, 15) is 22.8 Å². The highest BCUT2D eigenvalue weighted by atomic mass is 32.1. The molecule has 1 saturated heterocycles. The summed E-state index contributed by atoms with van der Waals surface area (Å²) >= 11 is 4.70. The normalized spacial score (nSPS) is 24.4. The molecule has 3 aliphatic rings. The number of piperidine rings is 1. The lowest BCUT2D eigenvalue weighted by Gasteiger charge is -2.32. The van der Waals surface area contributed by atoms with Crippen molar-refractivity contribution in [1.82, 2.24) is 29.9 Å². The first-order valence-electron chi connectivity index (χ1n) is 10.3. The molecule has 2 amide bonds. The highest BCUT2D eigenvalue weighted by molar-refractivity contribution is 7.80. The molecular weight excluding hydrogens is 445 g/mol. The Morgan fingerprint density at radius 3 is 2.72 bits per heavy atom. The van der Waals surface area contributed by atoms with E-state index in [-0.39, 0.29) is 30.3 Å². The van der Waals surface area contributed by atoms with E-state index in [1.807, 2.05) is 21.9 Å². The number of carbonyl (C=O) groups excluding carboxylic acids is 2. The molecule has 32 heavy (non-hydrogen) atoms. The Morgan fingerprint density at radius 1 is 1.16 bits per heavy atom. The van der Waals surface area contributed by atoms with Crippen LogP contribution in [-0.2, 0) is 41.9 Å². The smallest absolute Gasteiger partial charge is 0.305 e. The third-order valence-corrected chi connectivity index (χ3v) is 6.83. The minimum Gasteiger partial charge on any atom is -0.305 e. The maximum atomic E-state index is 13.0. The predicted octanol–water partition coefficient (Wildman–Crippen LogP) is 1.86. The molecule has 1 fully saturated rings. The molecule has 2 aromatic rings. The first-order chi connectivity index (χ1) is 15.2. The molecule has 3 aliphatic heterocycles. The predicted molar refractivity (Wildman–Crippen MR) is 109 cm³/mol. The molecule has 2 unspecified atom stereocenters. The number of rotatable bonds is 3. The summed E-state index contributed by atoms with van der Waals surface area (Å²) in [5.41, 5.74) is 3.11. The van der Waals surface area contributed by atoms with Crippen molar-refractivity contribution < 1.29 is 22.8 Å². The second-order valence-corrected chi connectivity index (χ2v) is 8.84. The molecular formula is C20H21F3N6O2S. The number of nitrogens with zero attached hydrogens (tertiary/aromatic N) is 5. The number of alkyl halides is 3. The van der Waals surface area contributed by atoms with E-state index >= 15 is 0 Å². The molecule has 170 valence electrons. The zero-order chi connectivity index (χ0) is 22.6. The van der Waals surface area contributed by atoms with Crippen molar-refractivity contribution >= 4 is 24.4 Å². The Balaban J connectivity index is 1.28. The molecule has 0 spiro atoms. The van der Waals surface area contributed by atoms with Crippen molar-refractivity contribution in [2.45, 2.75) is 56.6 Å². The third kappa shape index (κ3) is 3.80. The lowest BCUT2D eigenvalue weighted by molar-refractivity contribution is -0.148. The lowest BCUT2D eigenvalue weighted by atomic mass is 10.0. The number of hydrogen-bond donors (Lipinski definition) is 2. The second-order valence-electron chi connectivity index (χ2n) is 8.35. The zero-order valence-electron chi connectivity index (χ0n) is 17.0. The van der Waals surface area contributed by atoms with Crippen LogP contribution in [0.2, 0.25) is 0 Å². The molecule has 4 heterocycles. The van der Waals surface area contributed by atoms with Gasteiger partial charge < -0.3 is 4.57 Å². The summed E-state index contributed by atoms with van der Waals surface area (Å²) in [6.45, 7) is 2.05. The summed E-state index contributed by atoms with van der Waals surface area (Å²) in [6, 6.07) is 5.63. The summed E-state index contributed by atoms with van der Waals surface area (Å²) < 4.78 is 40.2. The standard InChI is InChI=1S/C20H21F3N6O2S/c21-20(22,23)19-26-25-15-10-27(5-6-28(15)19)8-11-1-2-13-12(7-11)9-29(18(13)32)14-3-4-16(30)24-17(14)31/h1-2,7,14,18,32H,3-6,8-10H2,(H,24,30,31). The first kappa shape index (κ1) is 21.4. The van der Waals surface area contributed by atoms with E-state index in [4.69, 9.17) is 12.6 Å². The number of thiol groups is 1. The maximum Gasteiger partial charge on any atom is 0.451 e. The van der Waals surface area contributed by atoms with Gasteiger partial charge in [0.2, 0.25) is 17.6 Å². The van der Waals surface area contributed by atoms with Gasteiger partial charge in [-0.3, -0.25) is 24.7 Å². The van der Waals surface area contributed by atoms with Crippen molar-refractivity contribution in [1.29, 1.82) is 0 Å². The number of imide groups is 1. The number of benzene rings is 1. The van der Waals surface area contributed by atoms with Crippen LogP contribution in [0.4, 0.5) is 13.2 Å². The quantitative estimate of drug-likeness (QED) is 0.531. The molecule has 1 aromatic carbocycles. The van der Waals surface area contributed by atoms with Gasteiger partial charge in [-0.05, 0) is 23.1 Å². The van der Waals surface area contributed by atoms with Crippen molar-refractivity contribution in [3.8, 4) is 0 Å². The maximum absolute atomic E-state index is 13.0. The summed E-state index contributed by atoms with van der Waals surface area (Å²) in [5, 5.41) is 9.21. The van der Waals surface area contributed by atoms with Crippen molar-refractivity contribution in [2.24, 2.45) is 0 Å². The molecule has 8 nitrogen and oxygen atoms in total. The largest absolute Gasteiger partial charge is 0.451 e. The van der Waals surface area contributed by atoms with Crippen LogP contribution in [0.5, 0.6) is 0 Å². The highest BCUT2D eigenvalue weighted by Gasteiger charge is 2.40. The van der Waals surface area contributed by atoms with Gasteiger partial charge in [0.15, 0.2) is 0 Å². The van der Waals surface area contributed by atoms with Gasteiger partial charge >= 0.3 is 6.18 Å². The topological polar surface area (TPSA) is 83.4 Å². The van der Waals surface area contributed by atoms with E-state index in [2.05, 4.69) is 21.6 Å². The van der Waals surface area contributed by atoms with E-state index in [1.54, 1.807) is 0 Å². The Hall–Kier alpha value is -2.44. The molecule has 0 bridgehead atoms.